The highest BCUT2D eigenvalue weighted by molar-refractivity contribution is 8.00. The Balaban J connectivity index is 1.67. The molecule has 0 aliphatic carbocycles. The second kappa shape index (κ2) is 15.0. The summed E-state index contributed by atoms with van der Waals surface area (Å²) in [5, 5.41) is 4.35. The lowest BCUT2D eigenvalue weighted by molar-refractivity contribution is -0.145. The molecule has 14 heteroatoms. The van der Waals surface area contributed by atoms with Crippen LogP contribution in [0.2, 0.25) is 0 Å². The fourth-order valence-electron chi connectivity index (χ4n) is 4.09. The maximum Gasteiger partial charge on any atom is 0.407 e. The van der Waals surface area contributed by atoms with Gasteiger partial charge in [-0.15, -0.1) is 11.8 Å². The van der Waals surface area contributed by atoms with Gasteiger partial charge < -0.3 is 29.7 Å². The molecule has 234 valence electrons. The molecular weight excluding hydrogens is 591 g/mol. The number of rotatable bonds is 11. The van der Waals surface area contributed by atoms with E-state index in [1.54, 1.807) is 52.0 Å². The highest BCUT2D eigenvalue weighted by atomic mass is 32.2. The number of alkyl carbamates (subject to hydrolysis) is 1. The summed E-state index contributed by atoms with van der Waals surface area (Å²) in [6.07, 6.45) is -1.58. The van der Waals surface area contributed by atoms with E-state index in [-0.39, 0.29) is 38.2 Å². The summed E-state index contributed by atoms with van der Waals surface area (Å²) < 4.78 is 57.1. The largest absolute Gasteiger partial charge is 0.482 e. The highest BCUT2D eigenvalue weighted by Gasteiger charge is 2.36. The zero-order chi connectivity index (χ0) is 31.7. The zero-order valence-electron chi connectivity index (χ0n) is 24.2. The number of ether oxygens (including phenoxy) is 3. The van der Waals surface area contributed by atoms with Crippen molar-refractivity contribution in [3.63, 3.8) is 0 Å². The van der Waals surface area contributed by atoms with E-state index in [4.69, 9.17) is 14.2 Å². The average Bonchev–Trinajstić information content (AvgIpc) is 3.41. The quantitative estimate of drug-likeness (QED) is 0.278. The molecule has 2 N–H and O–H groups in total. The number of amides is 3. The maximum atomic E-state index is 14.4. The van der Waals surface area contributed by atoms with Crippen LogP contribution in [0.25, 0.3) is 0 Å². The Morgan fingerprint density at radius 3 is 2.37 bits per heavy atom. The fraction of sp³-hybridized carbons (Fsp3) is 0.448. The number of nitrogens with one attached hydrogen (secondary N) is 2. The number of carbonyl (C=O) groups excluding carboxylic acids is 4. The minimum atomic E-state index is -1.37. The van der Waals surface area contributed by atoms with E-state index in [0.29, 0.717) is 29.3 Å². The Hall–Kier alpha value is -3.94. The van der Waals surface area contributed by atoms with E-state index in [1.165, 1.54) is 16.7 Å². The third-order valence-electron chi connectivity index (χ3n) is 5.92. The van der Waals surface area contributed by atoms with Crippen molar-refractivity contribution in [2.45, 2.75) is 57.6 Å². The van der Waals surface area contributed by atoms with Gasteiger partial charge >= 0.3 is 12.1 Å². The Labute approximate surface area is 251 Å². The molecule has 43 heavy (non-hydrogen) atoms. The van der Waals surface area contributed by atoms with Crippen LogP contribution in [0.1, 0.15) is 39.7 Å². The molecule has 2 unspecified atom stereocenters. The van der Waals surface area contributed by atoms with Crippen LogP contribution in [-0.4, -0.2) is 71.3 Å². The van der Waals surface area contributed by atoms with Crippen molar-refractivity contribution < 1.29 is 46.6 Å². The monoisotopic (exact) mass is 625 g/mol. The number of thioether (sulfide) groups is 1. The molecule has 0 saturated carbocycles. The van der Waals surface area contributed by atoms with Crippen LogP contribution in [0.4, 0.5) is 23.7 Å². The first kappa shape index (κ1) is 33.6. The van der Waals surface area contributed by atoms with Gasteiger partial charge in [0.05, 0.1) is 6.61 Å². The topological polar surface area (TPSA) is 123 Å². The fourth-order valence-corrected chi connectivity index (χ4v) is 5.23. The molecule has 0 spiro atoms. The Morgan fingerprint density at radius 2 is 1.72 bits per heavy atom. The van der Waals surface area contributed by atoms with Crippen LogP contribution in [0.3, 0.4) is 0 Å². The zero-order valence-corrected chi connectivity index (χ0v) is 25.0. The minimum absolute atomic E-state index is 0.236. The lowest BCUT2D eigenvalue weighted by Gasteiger charge is -2.27. The molecule has 0 radical (unpaired) electrons. The van der Waals surface area contributed by atoms with Crippen molar-refractivity contribution >= 4 is 41.3 Å². The van der Waals surface area contributed by atoms with Crippen LogP contribution in [0.15, 0.2) is 36.4 Å². The SMILES string of the molecule is CCOC(=O)COc1ccc(NC(=O)C2SCCN2C(=O)CC(Cc2cc(F)c(F)cc2F)NC(=O)OC(C)(C)C)cc1. The van der Waals surface area contributed by atoms with Gasteiger partial charge in [-0.3, -0.25) is 9.59 Å². The number of hydrogen-bond acceptors (Lipinski definition) is 8. The molecule has 1 aliphatic heterocycles. The van der Waals surface area contributed by atoms with E-state index in [2.05, 4.69) is 10.6 Å². The second-order valence-corrected chi connectivity index (χ2v) is 11.7. The van der Waals surface area contributed by atoms with Gasteiger partial charge in [0.1, 0.15) is 17.2 Å². The number of hydrogen-bond donors (Lipinski definition) is 2. The molecule has 2 atom stereocenters. The van der Waals surface area contributed by atoms with E-state index in [0.717, 1.165) is 0 Å². The summed E-state index contributed by atoms with van der Waals surface area (Å²) in [4.78, 5) is 51.7. The molecule has 0 aromatic heterocycles. The van der Waals surface area contributed by atoms with E-state index in [9.17, 15) is 32.3 Å². The summed E-state index contributed by atoms with van der Waals surface area (Å²) in [5.41, 5.74) is -0.689. The number of anilines is 1. The van der Waals surface area contributed by atoms with Crippen molar-refractivity contribution in [3.8, 4) is 5.75 Å². The lowest BCUT2D eigenvalue weighted by atomic mass is 10.0. The molecule has 2 aromatic carbocycles. The van der Waals surface area contributed by atoms with Gasteiger partial charge in [0.15, 0.2) is 23.6 Å². The Morgan fingerprint density at radius 1 is 1.05 bits per heavy atom. The summed E-state index contributed by atoms with van der Waals surface area (Å²) in [7, 11) is 0. The summed E-state index contributed by atoms with van der Waals surface area (Å²) in [5.74, 6) is -4.32. The molecule has 3 rings (SSSR count). The molecule has 1 fully saturated rings. The molecule has 0 bridgehead atoms. The Kier molecular flexibility index (Phi) is 11.7. The highest BCUT2D eigenvalue weighted by Crippen LogP contribution is 2.27. The van der Waals surface area contributed by atoms with Gasteiger partial charge in [-0.2, -0.15) is 0 Å². The molecule has 2 aromatic rings. The van der Waals surface area contributed by atoms with Gasteiger partial charge in [0.2, 0.25) is 5.91 Å². The van der Waals surface area contributed by atoms with Crippen molar-refractivity contribution in [1.29, 1.82) is 0 Å². The molecule has 1 heterocycles. The Bertz CT molecular complexity index is 1320. The lowest BCUT2D eigenvalue weighted by Crippen LogP contribution is -2.47. The number of nitrogens with zero attached hydrogens (tertiary/aromatic N) is 1. The van der Waals surface area contributed by atoms with Crippen LogP contribution < -0.4 is 15.4 Å². The third kappa shape index (κ3) is 10.4. The third-order valence-corrected chi connectivity index (χ3v) is 7.12. The standard InChI is InChI=1S/C29H34F3N3O7S/c1-5-40-25(37)16-41-20-8-6-18(7-9-20)33-26(38)27-35(10-11-43-27)24(36)14-19(34-28(39)42-29(2,3)4)12-17-13-22(31)23(32)15-21(17)30/h6-9,13,15,19,27H,5,10-12,14,16H2,1-4H3,(H,33,38)(H,34,39). The van der Waals surface area contributed by atoms with E-state index in [1.807, 2.05) is 0 Å². The van der Waals surface area contributed by atoms with Crippen LogP contribution in [-0.2, 0) is 30.3 Å². The smallest absolute Gasteiger partial charge is 0.407 e. The number of benzene rings is 2. The van der Waals surface area contributed by atoms with Crippen LogP contribution >= 0.6 is 11.8 Å². The predicted octanol–water partition coefficient (Wildman–Crippen LogP) is 4.41. The van der Waals surface area contributed by atoms with Crippen molar-refractivity contribution in [1.82, 2.24) is 10.2 Å². The van der Waals surface area contributed by atoms with Crippen molar-refractivity contribution in [2.75, 3.05) is 30.8 Å². The first-order chi connectivity index (χ1) is 20.3. The first-order valence-corrected chi connectivity index (χ1v) is 14.5. The minimum Gasteiger partial charge on any atom is -0.482 e. The van der Waals surface area contributed by atoms with E-state index < -0.39 is 58.3 Å². The van der Waals surface area contributed by atoms with Gasteiger partial charge in [0.25, 0.3) is 5.91 Å². The predicted molar refractivity (Wildman–Crippen MR) is 153 cm³/mol. The van der Waals surface area contributed by atoms with Gasteiger partial charge in [-0.1, -0.05) is 0 Å². The first-order valence-electron chi connectivity index (χ1n) is 13.5. The number of esters is 1. The maximum absolute atomic E-state index is 14.4. The van der Waals surface area contributed by atoms with Gasteiger partial charge in [0, 0.05) is 36.5 Å². The summed E-state index contributed by atoms with van der Waals surface area (Å²) >= 11 is 1.24. The van der Waals surface area contributed by atoms with Crippen LogP contribution in [0.5, 0.6) is 5.75 Å². The molecule has 10 nitrogen and oxygen atoms in total. The molecular formula is C29H34F3N3O7S. The summed E-state index contributed by atoms with van der Waals surface area (Å²) in [6, 6.07) is 6.27. The van der Waals surface area contributed by atoms with E-state index >= 15 is 0 Å². The van der Waals surface area contributed by atoms with Crippen molar-refractivity contribution in [2.24, 2.45) is 0 Å². The second-order valence-electron chi connectivity index (χ2n) is 10.5. The molecule has 3 amide bonds. The van der Waals surface area contributed by atoms with Crippen LogP contribution in [0, 0.1) is 17.5 Å². The molecule has 1 saturated heterocycles. The summed E-state index contributed by atoms with van der Waals surface area (Å²) in [6.45, 7) is 6.80. The van der Waals surface area contributed by atoms with Crippen molar-refractivity contribution in [3.05, 3.63) is 59.4 Å². The average molecular weight is 626 g/mol. The molecule has 1 aliphatic rings. The number of carbonyl (C=O) groups is 4. The van der Waals surface area contributed by atoms with Gasteiger partial charge in [-0.05, 0) is 70.0 Å². The van der Waals surface area contributed by atoms with Gasteiger partial charge in [-0.25, -0.2) is 22.8 Å². The normalized spacial score (nSPS) is 15.4. The number of halogens is 3.